The standard InChI is InChI=1S/C11H16ClN3O2S/c1-13-5-6-14-7-8-15(18(14,16)17)11-4-2-3-10(12)9-11/h2-4,9,13H,5-8H2,1H3. The number of anilines is 1. The summed E-state index contributed by atoms with van der Waals surface area (Å²) in [6.45, 7) is 2.10. The SMILES string of the molecule is CNCCN1CCN(c2cccc(Cl)c2)S1(=O)=O. The number of hydrogen-bond acceptors (Lipinski definition) is 3. The number of halogens is 1. The van der Waals surface area contributed by atoms with Gasteiger partial charge in [0.25, 0.3) is 0 Å². The highest BCUT2D eigenvalue weighted by molar-refractivity contribution is 7.90. The Morgan fingerprint density at radius 2 is 2.17 bits per heavy atom. The van der Waals surface area contributed by atoms with E-state index in [2.05, 4.69) is 5.32 Å². The molecule has 1 aromatic carbocycles. The molecule has 0 atom stereocenters. The van der Waals surface area contributed by atoms with Gasteiger partial charge in [0.2, 0.25) is 0 Å². The lowest BCUT2D eigenvalue weighted by Crippen LogP contribution is -2.36. The first kappa shape index (κ1) is 13.6. The maximum absolute atomic E-state index is 12.3. The molecule has 1 heterocycles. The Morgan fingerprint density at radius 1 is 1.39 bits per heavy atom. The summed E-state index contributed by atoms with van der Waals surface area (Å²) in [5, 5.41) is 3.49. The van der Waals surface area contributed by atoms with Crippen molar-refractivity contribution < 1.29 is 8.42 Å². The highest BCUT2D eigenvalue weighted by Crippen LogP contribution is 2.26. The van der Waals surface area contributed by atoms with Gasteiger partial charge < -0.3 is 5.32 Å². The number of nitrogens with zero attached hydrogens (tertiary/aromatic N) is 2. The van der Waals surface area contributed by atoms with Gasteiger partial charge in [0.05, 0.1) is 5.69 Å². The Bertz CT molecular complexity index is 521. The van der Waals surface area contributed by atoms with Crippen LogP contribution in [0.1, 0.15) is 0 Å². The van der Waals surface area contributed by atoms with E-state index in [1.54, 1.807) is 31.3 Å². The molecule has 0 spiro atoms. The highest BCUT2D eigenvalue weighted by Gasteiger charge is 2.36. The molecule has 0 bridgehead atoms. The van der Waals surface area contributed by atoms with Crippen LogP contribution >= 0.6 is 11.6 Å². The molecule has 0 aliphatic carbocycles. The van der Waals surface area contributed by atoms with Gasteiger partial charge in [0, 0.05) is 31.2 Å². The predicted octanol–water partition coefficient (Wildman–Crippen LogP) is 0.926. The van der Waals surface area contributed by atoms with E-state index in [1.165, 1.54) is 8.61 Å². The molecule has 7 heteroatoms. The van der Waals surface area contributed by atoms with Crippen molar-refractivity contribution in [1.82, 2.24) is 9.62 Å². The fourth-order valence-corrected chi connectivity index (χ4v) is 3.72. The minimum absolute atomic E-state index is 0.465. The Balaban J connectivity index is 2.22. The summed E-state index contributed by atoms with van der Waals surface area (Å²) in [4.78, 5) is 0. The van der Waals surface area contributed by atoms with Crippen LogP contribution in [0.3, 0.4) is 0 Å². The molecule has 5 nitrogen and oxygen atoms in total. The molecule has 0 saturated carbocycles. The summed E-state index contributed by atoms with van der Waals surface area (Å²) in [5.41, 5.74) is 0.620. The first-order chi connectivity index (χ1) is 8.55. The van der Waals surface area contributed by atoms with E-state index in [0.29, 0.717) is 36.9 Å². The molecule has 0 radical (unpaired) electrons. The van der Waals surface area contributed by atoms with Crippen molar-refractivity contribution in [3.05, 3.63) is 29.3 Å². The second-order valence-electron chi connectivity index (χ2n) is 4.06. The van der Waals surface area contributed by atoms with E-state index in [-0.39, 0.29) is 0 Å². The van der Waals surface area contributed by atoms with Gasteiger partial charge in [-0.1, -0.05) is 17.7 Å². The molecule has 1 saturated heterocycles. The lowest BCUT2D eigenvalue weighted by atomic mass is 10.3. The summed E-state index contributed by atoms with van der Waals surface area (Å²) in [6, 6.07) is 6.90. The highest BCUT2D eigenvalue weighted by atomic mass is 35.5. The number of likely N-dealkylation sites (N-methyl/N-ethyl adjacent to an activating group) is 1. The summed E-state index contributed by atoms with van der Waals surface area (Å²) < 4.78 is 27.5. The van der Waals surface area contributed by atoms with Crippen molar-refractivity contribution in [3.63, 3.8) is 0 Å². The van der Waals surface area contributed by atoms with Gasteiger partial charge in [-0.05, 0) is 25.2 Å². The van der Waals surface area contributed by atoms with E-state index < -0.39 is 10.2 Å². The van der Waals surface area contributed by atoms with Crippen molar-refractivity contribution >= 4 is 27.5 Å². The molecular weight excluding hydrogens is 274 g/mol. The average Bonchev–Trinajstić information content (AvgIpc) is 2.61. The third-order valence-electron chi connectivity index (χ3n) is 2.86. The molecule has 2 rings (SSSR count). The van der Waals surface area contributed by atoms with Gasteiger partial charge in [0.1, 0.15) is 0 Å². The van der Waals surface area contributed by atoms with Gasteiger partial charge in [-0.25, -0.2) is 0 Å². The third kappa shape index (κ3) is 2.61. The van der Waals surface area contributed by atoms with E-state index in [0.717, 1.165) is 0 Å². The Hall–Kier alpha value is -0.820. The smallest absolute Gasteiger partial charge is 0.304 e. The van der Waals surface area contributed by atoms with Crippen LogP contribution in [0.25, 0.3) is 0 Å². The minimum Gasteiger partial charge on any atom is -0.318 e. The average molecular weight is 290 g/mol. The van der Waals surface area contributed by atoms with Gasteiger partial charge in [0.15, 0.2) is 0 Å². The van der Waals surface area contributed by atoms with E-state index in [9.17, 15) is 8.42 Å². The molecular formula is C11H16ClN3O2S. The zero-order valence-corrected chi connectivity index (χ0v) is 11.7. The monoisotopic (exact) mass is 289 g/mol. The fraction of sp³-hybridized carbons (Fsp3) is 0.455. The number of rotatable bonds is 4. The van der Waals surface area contributed by atoms with Crippen LogP contribution in [0.5, 0.6) is 0 Å². The summed E-state index contributed by atoms with van der Waals surface area (Å²) >= 11 is 5.89. The Labute approximate surface area is 113 Å². The number of hydrogen-bond donors (Lipinski definition) is 1. The van der Waals surface area contributed by atoms with Crippen LogP contribution in [0.15, 0.2) is 24.3 Å². The summed E-state index contributed by atoms with van der Waals surface area (Å²) in [6.07, 6.45) is 0. The van der Waals surface area contributed by atoms with Crippen molar-refractivity contribution in [3.8, 4) is 0 Å². The minimum atomic E-state index is -3.40. The molecule has 0 amide bonds. The van der Waals surface area contributed by atoms with Crippen molar-refractivity contribution in [2.45, 2.75) is 0 Å². The van der Waals surface area contributed by atoms with Gasteiger partial charge in [-0.3, -0.25) is 4.31 Å². The predicted molar refractivity (Wildman–Crippen MR) is 73.2 cm³/mol. The second kappa shape index (κ2) is 5.44. The van der Waals surface area contributed by atoms with Gasteiger partial charge in [-0.2, -0.15) is 12.7 Å². The number of nitrogens with one attached hydrogen (secondary N) is 1. The van der Waals surface area contributed by atoms with Crippen LogP contribution in [-0.4, -0.2) is 45.9 Å². The lowest BCUT2D eigenvalue weighted by Gasteiger charge is -2.20. The Morgan fingerprint density at radius 3 is 2.83 bits per heavy atom. The molecule has 1 aliphatic rings. The van der Waals surface area contributed by atoms with Gasteiger partial charge >= 0.3 is 10.2 Å². The molecule has 18 heavy (non-hydrogen) atoms. The number of benzene rings is 1. The lowest BCUT2D eigenvalue weighted by molar-refractivity contribution is 0.447. The summed E-state index contributed by atoms with van der Waals surface area (Å²) in [7, 11) is -1.60. The molecule has 1 N–H and O–H groups in total. The van der Waals surface area contributed by atoms with Crippen molar-refractivity contribution in [2.24, 2.45) is 0 Å². The topological polar surface area (TPSA) is 52.6 Å². The van der Waals surface area contributed by atoms with Crippen molar-refractivity contribution in [1.29, 1.82) is 0 Å². The normalized spacial score (nSPS) is 19.3. The second-order valence-corrected chi connectivity index (χ2v) is 6.35. The van der Waals surface area contributed by atoms with E-state index >= 15 is 0 Å². The third-order valence-corrected chi connectivity index (χ3v) is 5.07. The van der Waals surface area contributed by atoms with Gasteiger partial charge in [-0.15, -0.1) is 0 Å². The maximum Gasteiger partial charge on any atom is 0.304 e. The molecule has 1 aromatic rings. The molecule has 100 valence electrons. The molecule has 1 fully saturated rings. The first-order valence-corrected chi connectivity index (χ1v) is 7.51. The first-order valence-electron chi connectivity index (χ1n) is 5.73. The van der Waals surface area contributed by atoms with Crippen LogP contribution in [0, 0.1) is 0 Å². The Kier molecular flexibility index (Phi) is 4.11. The maximum atomic E-state index is 12.3. The molecule has 0 aromatic heterocycles. The van der Waals surface area contributed by atoms with Crippen LogP contribution in [-0.2, 0) is 10.2 Å². The zero-order valence-electron chi connectivity index (χ0n) is 10.1. The van der Waals surface area contributed by atoms with Crippen LogP contribution in [0.2, 0.25) is 5.02 Å². The van der Waals surface area contributed by atoms with E-state index in [1.807, 2.05) is 0 Å². The summed E-state index contributed by atoms with van der Waals surface area (Å²) in [5.74, 6) is 0. The molecule has 0 unspecified atom stereocenters. The van der Waals surface area contributed by atoms with Crippen LogP contribution in [0.4, 0.5) is 5.69 Å². The quantitative estimate of drug-likeness (QED) is 0.897. The largest absolute Gasteiger partial charge is 0.318 e. The zero-order chi connectivity index (χ0) is 13.2. The van der Waals surface area contributed by atoms with Crippen LogP contribution < -0.4 is 9.62 Å². The van der Waals surface area contributed by atoms with Crippen molar-refractivity contribution in [2.75, 3.05) is 37.5 Å². The fourth-order valence-electron chi connectivity index (χ4n) is 1.93. The van der Waals surface area contributed by atoms with E-state index in [4.69, 9.17) is 11.6 Å². The molecule has 1 aliphatic heterocycles.